The Kier molecular flexibility index (Phi) is 7.30. The number of benzene rings is 2. The molecule has 4 fully saturated rings. The molecule has 178 valence electrons. The van der Waals surface area contributed by atoms with Crippen molar-refractivity contribution in [3.05, 3.63) is 66.2 Å². The quantitative estimate of drug-likeness (QED) is 0.228. The summed E-state index contributed by atoms with van der Waals surface area (Å²) in [6, 6.07) is 20.9. The SMILES string of the molecule is ClC(COC1C[N+]2(CCCOc3ccccc3)CCC1CC2)(c1ccccc1)C1CCCC1. The number of halogens is 1. The van der Waals surface area contributed by atoms with Crippen molar-refractivity contribution in [2.75, 3.05) is 39.4 Å². The number of para-hydroxylation sites is 1. The molecule has 1 aliphatic carbocycles. The molecule has 3 nitrogen and oxygen atoms in total. The topological polar surface area (TPSA) is 18.5 Å². The van der Waals surface area contributed by atoms with E-state index < -0.39 is 4.87 Å². The maximum Gasteiger partial charge on any atom is 0.119 e. The average molecular weight is 469 g/mol. The van der Waals surface area contributed by atoms with Crippen molar-refractivity contribution in [3.63, 3.8) is 0 Å². The molecule has 3 saturated heterocycles. The van der Waals surface area contributed by atoms with Crippen LogP contribution < -0.4 is 4.74 Å². The smallest absolute Gasteiger partial charge is 0.119 e. The Bertz CT molecular complexity index is 862. The maximum atomic E-state index is 7.44. The summed E-state index contributed by atoms with van der Waals surface area (Å²) in [6.07, 6.45) is 9.03. The highest BCUT2D eigenvalue weighted by atomic mass is 35.5. The summed E-state index contributed by atoms with van der Waals surface area (Å²) < 4.78 is 13.9. The van der Waals surface area contributed by atoms with Gasteiger partial charge in [-0.3, -0.25) is 0 Å². The van der Waals surface area contributed by atoms with Gasteiger partial charge in [-0.1, -0.05) is 61.4 Å². The van der Waals surface area contributed by atoms with Crippen LogP contribution in [0, 0.1) is 11.8 Å². The summed E-state index contributed by atoms with van der Waals surface area (Å²) in [7, 11) is 0. The van der Waals surface area contributed by atoms with Crippen LogP contribution in [0.3, 0.4) is 0 Å². The zero-order valence-corrected chi connectivity index (χ0v) is 20.6. The van der Waals surface area contributed by atoms with Crippen molar-refractivity contribution in [1.29, 1.82) is 0 Å². The van der Waals surface area contributed by atoms with Crippen LogP contribution in [0.25, 0.3) is 0 Å². The van der Waals surface area contributed by atoms with E-state index in [0.717, 1.165) is 25.3 Å². The molecule has 6 rings (SSSR count). The summed E-state index contributed by atoms with van der Waals surface area (Å²) in [5.41, 5.74) is 1.24. The fraction of sp³-hybridized carbons (Fsp3) is 0.586. The fourth-order valence-electron chi connectivity index (χ4n) is 6.59. The lowest BCUT2D eigenvalue weighted by molar-refractivity contribution is -0.946. The lowest BCUT2D eigenvalue weighted by Crippen LogP contribution is -2.64. The number of rotatable bonds is 10. The second-order valence-electron chi connectivity index (χ2n) is 10.6. The number of hydrogen-bond acceptors (Lipinski definition) is 2. The Balaban J connectivity index is 1.19. The molecular weight excluding hydrogens is 430 g/mol. The largest absolute Gasteiger partial charge is 0.493 e. The third kappa shape index (κ3) is 5.26. The van der Waals surface area contributed by atoms with Crippen LogP contribution in [0.15, 0.2) is 60.7 Å². The normalized spacial score (nSPS) is 29.1. The van der Waals surface area contributed by atoms with Crippen LogP contribution >= 0.6 is 11.6 Å². The minimum absolute atomic E-state index is 0.339. The monoisotopic (exact) mass is 468 g/mol. The molecule has 3 aliphatic heterocycles. The van der Waals surface area contributed by atoms with Gasteiger partial charge < -0.3 is 14.0 Å². The van der Waals surface area contributed by atoms with Crippen molar-refractivity contribution >= 4 is 11.6 Å². The molecule has 4 heteroatoms. The molecule has 0 amide bonds. The molecule has 2 aromatic carbocycles. The molecule has 3 heterocycles. The fourth-order valence-corrected chi connectivity index (χ4v) is 7.00. The molecular formula is C29H39ClNO2+. The van der Waals surface area contributed by atoms with Crippen molar-refractivity contribution in [3.8, 4) is 5.75 Å². The van der Waals surface area contributed by atoms with Crippen LogP contribution in [-0.4, -0.2) is 50.0 Å². The average Bonchev–Trinajstić information content (AvgIpc) is 3.43. The van der Waals surface area contributed by atoms with E-state index in [2.05, 4.69) is 30.3 Å². The van der Waals surface area contributed by atoms with Crippen LogP contribution in [0.4, 0.5) is 0 Å². The second kappa shape index (κ2) is 10.4. The second-order valence-corrected chi connectivity index (χ2v) is 11.3. The Morgan fingerprint density at radius 2 is 1.55 bits per heavy atom. The first-order valence-electron chi connectivity index (χ1n) is 13.1. The van der Waals surface area contributed by atoms with E-state index in [1.165, 1.54) is 68.2 Å². The molecule has 2 unspecified atom stereocenters. The molecule has 2 atom stereocenters. The number of fused-ring (bicyclic) bond motifs is 3. The van der Waals surface area contributed by atoms with Crippen LogP contribution in [0.1, 0.15) is 50.5 Å². The summed E-state index contributed by atoms with van der Waals surface area (Å²) in [5.74, 6) is 2.19. The lowest BCUT2D eigenvalue weighted by atomic mass is 9.82. The molecule has 2 bridgehead atoms. The predicted octanol–water partition coefficient (Wildman–Crippen LogP) is 6.41. The van der Waals surface area contributed by atoms with E-state index in [4.69, 9.17) is 21.1 Å². The highest BCUT2D eigenvalue weighted by molar-refractivity contribution is 6.24. The molecule has 0 N–H and O–H groups in total. The Morgan fingerprint density at radius 3 is 2.24 bits per heavy atom. The Morgan fingerprint density at radius 1 is 0.879 bits per heavy atom. The third-order valence-electron chi connectivity index (χ3n) is 8.59. The standard InChI is InChI=1S/C29H39ClNO2/c30-29(26-12-7-8-13-26,25-10-3-1-4-11-25)23-33-28-22-31(19-16-24(28)17-20-31)18-9-21-32-27-14-5-2-6-15-27/h1-6,10-11,14-15,24,26,28H,7-9,12-13,16-23H2/q+1. The van der Waals surface area contributed by atoms with Gasteiger partial charge in [-0.05, 0) is 36.5 Å². The van der Waals surface area contributed by atoms with E-state index in [1.807, 2.05) is 30.3 Å². The molecule has 0 radical (unpaired) electrons. The summed E-state index contributed by atoms with van der Waals surface area (Å²) in [6.45, 7) is 6.35. The third-order valence-corrected chi connectivity index (χ3v) is 9.23. The van der Waals surface area contributed by atoms with Gasteiger partial charge in [0.25, 0.3) is 0 Å². The number of ether oxygens (including phenoxy) is 2. The highest BCUT2D eigenvalue weighted by Gasteiger charge is 2.48. The van der Waals surface area contributed by atoms with E-state index in [1.54, 1.807) is 0 Å². The van der Waals surface area contributed by atoms with E-state index in [9.17, 15) is 0 Å². The van der Waals surface area contributed by atoms with Gasteiger partial charge in [0.15, 0.2) is 0 Å². The molecule has 2 aromatic rings. The van der Waals surface area contributed by atoms with Crippen LogP contribution in [-0.2, 0) is 9.61 Å². The first-order valence-corrected chi connectivity index (χ1v) is 13.4. The number of piperidine rings is 3. The van der Waals surface area contributed by atoms with Crippen molar-refractivity contribution in [2.24, 2.45) is 11.8 Å². The number of quaternary nitrogens is 1. The summed E-state index contributed by atoms with van der Waals surface area (Å²) in [4.78, 5) is -0.391. The van der Waals surface area contributed by atoms with E-state index in [0.29, 0.717) is 24.5 Å². The van der Waals surface area contributed by atoms with Gasteiger partial charge >= 0.3 is 0 Å². The first kappa shape index (κ1) is 23.2. The zero-order chi connectivity index (χ0) is 22.6. The molecule has 33 heavy (non-hydrogen) atoms. The summed E-state index contributed by atoms with van der Waals surface area (Å²) >= 11 is 7.44. The minimum atomic E-state index is -0.391. The van der Waals surface area contributed by atoms with Gasteiger partial charge in [-0.15, -0.1) is 11.6 Å². The molecule has 1 saturated carbocycles. The zero-order valence-electron chi connectivity index (χ0n) is 19.8. The number of nitrogens with zero attached hydrogens (tertiary/aromatic N) is 1. The van der Waals surface area contributed by atoms with Crippen LogP contribution in [0.2, 0.25) is 0 Å². The molecule has 4 aliphatic rings. The number of alkyl halides is 1. The van der Waals surface area contributed by atoms with Gasteiger partial charge in [0.2, 0.25) is 0 Å². The van der Waals surface area contributed by atoms with Crippen molar-refractivity contribution < 1.29 is 14.0 Å². The number of hydrogen-bond donors (Lipinski definition) is 0. The van der Waals surface area contributed by atoms with Gasteiger partial charge in [-0.25, -0.2) is 0 Å². The van der Waals surface area contributed by atoms with E-state index >= 15 is 0 Å². The minimum Gasteiger partial charge on any atom is -0.493 e. The van der Waals surface area contributed by atoms with Crippen molar-refractivity contribution in [2.45, 2.75) is 55.9 Å². The predicted molar refractivity (Wildman–Crippen MR) is 135 cm³/mol. The van der Waals surface area contributed by atoms with Gasteiger partial charge in [0.1, 0.15) is 18.4 Å². The maximum absolute atomic E-state index is 7.44. The molecule has 0 spiro atoms. The van der Waals surface area contributed by atoms with Crippen molar-refractivity contribution in [1.82, 2.24) is 0 Å². The lowest BCUT2D eigenvalue weighted by Gasteiger charge is -2.53. The van der Waals surface area contributed by atoms with Gasteiger partial charge in [0.05, 0.1) is 37.7 Å². The van der Waals surface area contributed by atoms with Crippen LogP contribution in [0.5, 0.6) is 5.75 Å². The van der Waals surface area contributed by atoms with E-state index in [-0.39, 0.29) is 0 Å². The molecule has 0 aromatic heterocycles. The first-order chi connectivity index (χ1) is 16.2. The van der Waals surface area contributed by atoms with Gasteiger partial charge in [0, 0.05) is 25.2 Å². The Hall–Kier alpha value is -1.55. The Labute approximate surface area is 204 Å². The van der Waals surface area contributed by atoms with Gasteiger partial charge in [-0.2, -0.15) is 0 Å². The highest BCUT2D eigenvalue weighted by Crippen LogP contribution is 2.46. The summed E-state index contributed by atoms with van der Waals surface area (Å²) in [5, 5.41) is 0.